The number of amides is 2. The zero-order valence-electron chi connectivity index (χ0n) is 23.1. The average Bonchev–Trinajstić information content (AvgIpc) is 3.57. The second-order valence-corrected chi connectivity index (χ2v) is 11.3. The van der Waals surface area contributed by atoms with Gasteiger partial charge in [-0.1, -0.05) is 0 Å². The van der Waals surface area contributed by atoms with E-state index in [9.17, 15) is 24.3 Å². The van der Waals surface area contributed by atoms with Gasteiger partial charge >= 0.3 is 6.09 Å². The number of rotatable bonds is 9. The summed E-state index contributed by atoms with van der Waals surface area (Å²) < 4.78 is 21.1. The first-order valence-corrected chi connectivity index (χ1v) is 13.8. The normalized spacial score (nSPS) is 20.0. The number of hydrogen-bond donors (Lipinski definition) is 3. The van der Waals surface area contributed by atoms with E-state index in [1.807, 2.05) is 12.1 Å². The van der Waals surface area contributed by atoms with Crippen LogP contribution in [0, 0.1) is 17.2 Å². The third-order valence-corrected chi connectivity index (χ3v) is 7.78. The molecule has 0 aromatic carbocycles. The zero-order valence-corrected chi connectivity index (χ0v) is 23.1. The number of aliphatic hydroxyl groups is 1. The SMILES string of the molecule is CC(C)(O)C(F)CNC(=O)c1cnc(-c2ccc3cc(C#N)cnn23)cc1NC1CCC(CN2CCOC2=O)CC1. The molecule has 41 heavy (non-hydrogen) atoms. The summed E-state index contributed by atoms with van der Waals surface area (Å²) in [4.78, 5) is 31.3. The van der Waals surface area contributed by atoms with Gasteiger partial charge in [-0.2, -0.15) is 10.4 Å². The number of aromatic nitrogens is 3. The molecule has 1 aliphatic carbocycles. The largest absolute Gasteiger partial charge is 0.448 e. The molecule has 3 aromatic heterocycles. The fraction of sp³-hybridized carbons (Fsp3) is 0.483. The number of halogens is 1. The Labute approximate surface area is 237 Å². The molecule has 216 valence electrons. The molecular formula is C29H34FN7O4. The number of fused-ring (bicyclic) bond motifs is 1. The number of alkyl halides is 1. The van der Waals surface area contributed by atoms with Crippen LogP contribution < -0.4 is 10.6 Å². The van der Waals surface area contributed by atoms with Crippen molar-refractivity contribution in [2.75, 3.05) is 31.6 Å². The summed E-state index contributed by atoms with van der Waals surface area (Å²) in [6.45, 7) is 4.12. The lowest BCUT2D eigenvalue weighted by molar-refractivity contribution is -0.00177. The summed E-state index contributed by atoms with van der Waals surface area (Å²) in [6.07, 6.45) is 4.59. The van der Waals surface area contributed by atoms with Gasteiger partial charge in [0.15, 0.2) is 0 Å². The van der Waals surface area contributed by atoms with E-state index >= 15 is 0 Å². The molecule has 1 unspecified atom stereocenters. The first-order chi connectivity index (χ1) is 19.6. The Hall–Kier alpha value is -4.24. The van der Waals surface area contributed by atoms with Crippen molar-refractivity contribution in [3.8, 4) is 17.5 Å². The highest BCUT2D eigenvalue weighted by Gasteiger charge is 2.30. The van der Waals surface area contributed by atoms with Crippen molar-refractivity contribution >= 4 is 23.2 Å². The van der Waals surface area contributed by atoms with Crippen LogP contribution in [0.1, 0.15) is 55.5 Å². The molecule has 1 saturated carbocycles. The molecule has 1 aliphatic heterocycles. The van der Waals surface area contributed by atoms with Crippen molar-refractivity contribution < 1.29 is 23.8 Å². The number of hydrogen-bond acceptors (Lipinski definition) is 8. The Morgan fingerprint density at radius 3 is 2.73 bits per heavy atom. The van der Waals surface area contributed by atoms with Gasteiger partial charge in [0, 0.05) is 18.8 Å². The number of carbonyl (C=O) groups is 2. The number of carbonyl (C=O) groups excluding carboxylic acids is 2. The van der Waals surface area contributed by atoms with Gasteiger partial charge in [-0.25, -0.2) is 13.7 Å². The summed E-state index contributed by atoms with van der Waals surface area (Å²) in [7, 11) is 0. The molecule has 0 radical (unpaired) electrons. The fourth-order valence-corrected chi connectivity index (χ4v) is 5.29. The number of nitriles is 1. The molecule has 1 saturated heterocycles. The van der Waals surface area contributed by atoms with Crippen molar-refractivity contribution in [3.63, 3.8) is 0 Å². The molecule has 3 N–H and O–H groups in total. The second-order valence-electron chi connectivity index (χ2n) is 11.3. The van der Waals surface area contributed by atoms with E-state index in [0.717, 1.165) is 31.2 Å². The van der Waals surface area contributed by atoms with Crippen LogP contribution in [0.2, 0.25) is 0 Å². The molecular weight excluding hydrogens is 529 g/mol. The van der Waals surface area contributed by atoms with Crippen molar-refractivity contribution in [2.45, 2.75) is 57.3 Å². The number of anilines is 1. The van der Waals surface area contributed by atoms with Gasteiger partial charge in [0.2, 0.25) is 0 Å². The Morgan fingerprint density at radius 1 is 1.27 bits per heavy atom. The van der Waals surface area contributed by atoms with E-state index in [4.69, 9.17) is 4.74 Å². The minimum Gasteiger partial charge on any atom is -0.448 e. The highest BCUT2D eigenvalue weighted by atomic mass is 19.1. The monoisotopic (exact) mass is 563 g/mol. The van der Waals surface area contributed by atoms with Gasteiger partial charge in [-0.15, -0.1) is 0 Å². The van der Waals surface area contributed by atoms with Crippen LogP contribution in [0.25, 0.3) is 16.9 Å². The Kier molecular flexibility index (Phi) is 8.08. The van der Waals surface area contributed by atoms with Crippen molar-refractivity contribution in [1.29, 1.82) is 5.26 Å². The third kappa shape index (κ3) is 6.41. The quantitative estimate of drug-likeness (QED) is 0.359. The molecule has 11 nitrogen and oxygen atoms in total. The summed E-state index contributed by atoms with van der Waals surface area (Å²) in [5.41, 5.74) is 1.67. The maximum Gasteiger partial charge on any atom is 0.409 e. The number of ether oxygens (including phenoxy) is 1. The lowest BCUT2D eigenvalue weighted by Crippen LogP contribution is -2.42. The molecule has 1 atom stereocenters. The minimum atomic E-state index is -1.64. The maximum absolute atomic E-state index is 14.4. The summed E-state index contributed by atoms with van der Waals surface area (Å²) in [6, 6.07) is 9.37. The highest BCUT2D eigenvalue weighted by Crippen LogP contribution is 2.31. The number of pyridine rings is 1. The summed E-state index contributed by atoms with van der Waals surface area (Å²) in [5, 5.41) is 29.6. The molecule has 12 heteroatoms. The molecule has 4 heterocycles. The minimum absolute atomic E-state index is 0.0873. The third-order valence-electron chi connectivity index (χ3n) is 7.78. The Morgan fingerprint density at radius 2 is 2.05 bits per heavy atom. The van der Waals surface area contributed by atoms with Gasteiger partial charge < -0.3 is 25.4 Å². The van der Waals surface area contributed by atoms with Gasteiger partial charge in [0.05, 0.1) is 58.6 Å². The highest BCUT2D eigenvalue weighted by molar-refractivity contribution is 6.00. The average molecular weight is 564 g/mol. The Balaban J connectivity index is 1.36. The van der Waals surface area contributed by atoms with Crippen molar-refractivity contribution in [1.82, 2.24) is 24.8 Å². The van der Waals surface area contributed by atoms with E-state index in [1.165, 1.54) is 26.2 Å². The zero-order chi connectivity index (χ0) is 29.1. The van der Waals surface area contributed by atoms with E-state index in [0.29, 0.717) is 48.3 Å². The molecule has 3 aromatic rings. The van der Waals surface area contributed by atoms with Gasteiger partial charge in [-0.3, -0.25) is 9.78 Å². The number of cyclic esters (lactones) is 1. The van der Waals surface area contributed by atoms with Crippen LogP contribution in [0.15, 0.2) is 36.7 Å². The van der Waals surface area contributed by atoms with Crippen LogP contribution in [-0.2, 0) is 4.74 Å². The van der Waals surface area contributed by atoms with E-state index in [1.54, 1.807) is 21.5 Å². The molecule has 0 bridgehead atoms. The Bertz CT molecular complexity index is 1470. The van der Waals surface area contributed by atoms with Crippen LogP contribution in [0.3, 0.4) is 0 Å². The fourth-order valence-electron chi connectivity index (χ4n) is 5.29. The molecule has 5 rings (SSSR count). The molecule has 2 amide bonds. The van der Waals surface area contributed by atoms with Gasteiger partial charge in [-0.05, 0) is 69.7 Å². The molecule has 2 aliphatic rings. The lowest BCUT2D eigenvalue weighted by atomic mass is 9.85. The smallest absolute Gasteiger partial charge is 0.409 e. The van der Waals surface area contributed by atoms with E-state index in [-0.39, 0.29) is 24.2 Å². The summed E-state index contributed by atoms with van der Waals surface area (Å²) >= 11 is 0. The van der Waals surface area contributed by atoms with Crippen LogP contribution in [0.5, 0.6) is 0 Å². The first-order valence-electron chi connectivity index (χ1n) is 13.8. The summed E-state index contributed by atoms with van der Waals surface area (Å²) in [5.74, 6) is -0.120. The van der Waals surface area contributed by atoms with Crippen LogP contribution in [0.4, 0.5) is 14.9 Å². The topological polar surface area (TPSA) is 145 Å². The molecule has 0 spiro atoms. The standard InChI is InChI=1S/C29H34FN7O4/c1-29(2,40)26(30)16-33-27(38)22-15-32-24(25-8-7-21-11-19(13-31)14-34-37(21)25)12-23(22)35-20-5-3-18(4-6-20)17-36-9-10-41-28(36)39/h7-8,11-12,14-15,18,20,26,40H,3-6,9-10,16-17H2,1-2H3,(H,32,35)(H,33,38). The number of nitrogens with one attached hydrogen (secondary N) is 2. The van der Waals surface area contributed by atoms with Crippen molar-refractivity contribution in [3.05, 3.63) is 47.8 Å². The first kappa shape index (κ1) is 28.3. The van der Waals surface area contributed by atoms with Gasteiger partial charge in [0.1, 0.15) is 18.8 Å². The van der Waals surface area contributed by atoms with E-state index < -0.39 is 17.7 Å². The number of nitrogens with zero attached hydrogens (tertiary/aromatic N) is 5. The van der Waals surface area contributed by atoms with Crippen LogP contribution >= 0.6 is 0 Å². The van der Waals surface area contributed by atoms with Crippen LogP contribution in [-0.4, -0.2) is 80.7 Å². The van der Waals surface area contributed by atoms with Gasteiger partial charge in [0.25, 0.3) is 5.91 Å². The predicted octanol–water partition coefficient (Wildman–Crippen LogP) is 3.53. The lowest BCUT2D eigenvalue weighted by Gasteiger charge is -2.32. The maximum atomic E-state index is 14.4. The predicted molar refractivity (Wildman–Crippen MR) is 149 cm³/mol. The van der Waals surface area contributed by atoms with E-state index in [2.05, 4.69) is 26.8 Å². The van der Waals surface area contributed by atoms with Crippen molar-refractivity contribution in [2.24, 2.45) is 5.92 Å². The second kappa shape index (κ2) is 11.7. The molecule has 2 fully saturated rings.